The minimum Gasteiger partial charge on any atom is -0.509 e. The van der Waals surface area contributed by atoms with E-state index in [0.29, 0.717) is 34.3 Å². The van der Waals surface area contributed by atoms with Crippen molar-refractivity contribution in [3.63, 3.8) is 0 Å². The minimum absolute atomic E-state index is 0.00677. The molecule has 6 nitrogen and oxygen atoms in total. The maximum absolute atomic E-state index is 12.6. The van der Waals surface area contributed by atoms with E-state index in [9.17, 15) is 25.5 Å². The summed E-state index contributed by atoms with van der Waals surface area (Å²) in [7, 11) is 3.73. The van der Waals surface area contributed by atoms with Crippen LogP contribution in [-0.4, -0.2) is 62.3 Å². The Kier molecular flexibility index (Phi) is 5.34. The fourth-order valence-corrected chi connectivity index (χ4v) is 7.40. The molecule has 37 heavy (non-hydrogen) atoms. The maximum atomic E-state index is 12.6. The number of aromatic hydroxyl groups is 1. The lowest BCUT2D eigenvalue weighted by atomic mass is 9.53. The summed E-state index contributed by atoms with van der Waals surface area (Å²) < 4.78 is 0. The third kappa shape index (κ3) is 3.20. The first-order valence-electron chi connectivity index (χ1n) is 12.8. The number of aliphatic hydroxyl groups excluding tert-OH is 2. The van der Waals surface area contributed by atoms with E-state index in [4.69, 9.17) is 0 Å². The number of hydrogen-bond acceptors (Lipinski definition) is 6. The first kappa shape index (κ1) is 24.2. The van der Waals surface area contributed by atoms with Crippen molar-refractivity contribution in [3.8, 4) is 5.75 Å². The molecule has 6 unspecified atom stereocenters. The van der Waals surface area contributed by atoms with Gasteiger partial charge in [0.15, 0.2) is 0 Å². The molecule has 1 fully saturated rings. The molecule has 1 aromatic rings. The largest absolute Gasteiger partial charge is 0.509 e. The molecule has 192 valence electrons. The number of rotatable bonds is 1. The van der Waals surface area contributed by atoms with Crippen molar-refractivity contribution >= 4 is 5.57 Å². The summed E-state index contributed by atoms with van der Waals surface area (Å²) in [6.07, 6.45) is 14.9. The van der Waals surface area contributed by atoms with Crippen molar-refractivity contribution in [2.75, 3.05) is 14.1 Å². The van der Waals surface area contributed by atoms with E-state index < -0.39 is 35.2 Å². The molecule has 1 aromatic carbocycles. The van der Waals surface area contributed by atoms with Crippen LogP contribution in [0.25, 0.3) is 5.57 Å². The number of phenols is 1. The lowest BCUT2D eigenvalue weighted by Gasteiger charge is -2.57. The van der Waals surface area contributed by atoms with Gasteiger partial charge in [0, 0.05) is 34.6 Å². The zero-order valence-corrected chi connectivity index (χ0v) is 21.3. The van der Waals surface area contributed by atoms with E-state index in [1.54, 1.807) is 19.1 Å². The molecule has 0 spiro atoms. The van der Waals surface area contributed by atoms with Crippen molar-refractivity contribution in [1.82, 2.24) is 4.90 Å². The Morgan fingerprint density at radius 1 is 0.919 bits per heavy atom. The zero-order valence-electron chi connectivity index (χ0n) is 21.3. The van der Waals surface area contributed by atoms with Crippen LogP contribution in [0.1, 0.15) is 30.9 Å². The molecule has 0 saturated heterocycles. The summed E-state index contributed by atoms with van der Waals surface area (Å²) >= 11 is 0. The van der Waals surface area contributed by atoms with Gasteiger partial charge in [-0.15, -0.1) is 0 Å². The van der Waals surface area contributed by atoms with E-state index in [0.717, 1.165) is 11.1 Å². The van der Waals surface area contributed by atoms with Crippen LogP contribution in [0.2, 0.25) is 0 Å². The van der Waals surface area contributed by atoms with Crippen LogP contribution in [0.15, 0.2) is 94.9 Å². The number of benzene rings is 1. The molecule has 6 heteroatoms. The quantitative estimate of drug-likeness (QED) is 0.403. The molecule has 0 amide bonds. The summed E-state index contributed by atoms with van der Waals surface area (Å²) in [5.41, 5.74) is 1.05. The predicted octanol–water partition coefficient (Wildman–Crippen LogP) is 3.79. The van der Waals surface area contributed by atoms with Gasteiger partial charge in [0.1, 0.15) is 17.1 Å². The van der Waals surface area contributed by atoms with Gasteiger partial charge in [0.05, 0.1) is 11.7 Å². The van der Waals surface area contributed by atoms with Crippen LogP contribution in [-0.2, 0) is 5.60 Å². The Bertz CT molecular complexity index is 1370. The topological polar surface area (TPSA) is 104 Å². The highest BCUT2D eigenvalue weighted by atomic mass is 16.3. The predicted molar refractivity (Wildman–Crippen MR) is 142 cm³/mol. The number of aliphatic hydroxyl groups is 4. The highest BCUT2D eigenvalue weighted by molar-refractivity contribution is 5.93. The van der Waals surface area contributed by atoms with Crippen LogP contribution >= 0.6 is 0 Å². The fourth-order valence-electron chi connectivity index (χ4n) is 7.40. The maximum Gasteiger partial charge on any atom is 0.148 e. The lowest BCUT2D eigenvalue weighted by molar-refractivity contribution is -0.115. The van der Waals surface area contributed by atoms with E-state index >= 15 is 0 Å². The average molecular weight is 500 g/mol. The molecule has 1 saturated carbocycles. The number of nitrogens with zero attached hydrogens (tertiary/aromatic N) is 1. The standard InChI is InChI=1S/C31H33NO5/c1-30(36)19-13-8-14-23(33)26(19)25(18-11-6-7-12-18)27-21(30)15-22-28(32(2)3)24(34)16-20(17-9-4-5-10-17)31(22,37)29(27)35/h4-14,21-22,24,28,33-37H,15-16H2,1-3H3. The van der Waals surface area contributed by atoms with Crippen LogP contribution in [0, 0.1) is 11.8 Å². The Balaban J connectivity index is 1.72. The fraction of sp³-hybridized carbons (Fsp3) is 0.355. The second kappa shape index (κ2) is 8.17. The molecule has 6 atom stereocenters. The number of phenolic OH excluding ortho intramolecular Hbond substituents is 1. The summed E-state index contributed by atoms with van der Waals surface area (Å²) in [5, 5.41) is 59.3. The molecule has 5 aliphatic carbocycles. The van der Waals surface area contributed by atoms with Gasteiger partial charge >= 0.3 is 0 Å². The molecule has 0 aliphatic heterocycles. The van der Waals surface area contributed by atoms with Crippen molar-refractivity contribution in [1.29, 1.82) is 0 Å². The zero-order chi connectivity index (χ0) is 26.3. The highest BCUT2D eigenvalue weighted by Gasteiger charge is 2.62. The molecule has 0 heterocycles. The normalized spacial score (nSPS) is 36.1. The third-order valence-electron chi connectivity index (χ3n) is 9.02. The molecule has 6 rings (SSSR count). The van der Waals surface area contributed by atoms with Crippen molar-refractivity contribution in [2.24, 2.45) is 11.8 Å². The van der Waals surface area contributed by atoms with Gasteiger partial charge in [-0.2, -0.15) is 0 Å². The van der Waals surface area contributed by atoms with E-state index in [-0.39, 0.29) is 17.9 Å². The molecule has 5 N–H and O–H groups in total. The molecule has 0 radical (unpaired) electrons. The third-order valence-corrected chi connectivity index (χ3v) is 9.02. The van der Waals surface area contributed by atoms with Gasteiger partial charge < -0.3 is 30.4 Å². The van der Waals surface area contributed by atoms with Crippen molar-refractivity contribution < 1.29 is 25.5 Å². The van der Waals surface area contributed by atoms with Crippen molar-refractivity contribution in [3.05, 3.63) is 106 Å². The SMILES string of the molecule is CN(C)C1C(O)CC(=C2C=CC=C2)C2(O)C(O)=C3C(=C4C=CC=C4)c4c(O)cccc4C(C)(O)C3CC12. The van der Waals surface area contributed by atoms with E-state index in [2.05, 4.69) is 0 Å². The smallest absolute Gasteiger partial charge is 0.148 e. The molecule has 5 aliphatic rings. The summed E-state index contributed by atoms with van der Waals surface area (Å²) in [6, 6.07) is 4.66. The van der Waals surface area contributed by atoms with Crippen LogP contribution in [0.4, 0.5) is 0 Å². The Labute approximate surface area is 216 Å². The Morgan fingerprint density at radius 2 is 1.54 bits per heavy atom. The number of allylic oxidation sites excluding steroid dienone is 11. The molecular formula is C31H33NO5. The first-order valence-corrected chi connectivity index (χ1v) is 12.8. The number of fused-ring (bicyclic) bond motifs is 3. The van der Waals surface area contributed by atoms with Gasteiger partial charge in [-0.25, -0.2) is 0 Å². The summed E-state index contributed by atoms with van der Waals surface area (Å²) in [4.78, 5) is 1.90. The van der Waals surface area contributed by atoms with E-state index in [1.807, 2.05) is 73.7 Å². The molecule has 0 bridgehead atoms. The monoisotopic (exact) mass is 499 g/mol. The molecule has 0 aromatic heterocycles. The Hall–Kier alpha value is -3.16. The number of hydrogen-bond donors (Lipinski definition) is 5. The summed E-state index contributed by atoms with van der Waals surface area (Å²) in [5.74, 6) is -1.37. The Morgan fingerprint density at radius 3 is 2.16 bits per heavy atom. The minimum atomic E-state index is -1.76. The van der Waals surface area contributed by atoms with Gasteiger partial charge in [-0.3, -0.25) is 0 Å². The van der Waals surface area contributed by atoms with Crippen LogP contribution < -0.4 is 0 Å². The van der Waals surface area contributed by atoms with Gasteiger partial charge in [0.2, 0.25) is 0 Å². The van der Waals surface area contributed by atoms with Gasteiger partial charge in [-0.05, 0) is 62.2 Å². The van der Waals surface area contributed by atoms with Crippen LogP contribution in [0.3, 0.4) is 0 Å². The molecular weight excluding hydrogens is 466 g/mol. The summed E-state index contributed by atoms with van der Waals surface area (Å²) in [6.45, 7) is 1.71. The second-order valence-electron chi connectivity index (χ2n) is 11.2. The number of likely N-dealkylation sites (N-methyl/N-ethyl adjacent to an activating group) is 1. The van der Waals surface area contributed by atoms with Crippen LogP contribution in [0.5, 0.6) is 5.75 Å². The highest BCUT2D eigenvalue weighted by Crippen LogP contribution is 2.62. The van der Waals surface area contributed by atoms with E-state index in [1.165, 1.54) is 0 Å². The second-order valence-corrected chi connectivity index (χ2v) is 11.2. The first-order chi connectivity index (χ1) is 17.6. The van der Waals surface area contributed by atoms with Gasteiger partial charge in [-0.1, -0.05) is 60.7 Å². The van der Waals surface area contributed by atoms with Gasteiger partial charge in [0.25, 0.3) is 0 Å². The van der Waals surface area contributed by atoms with Crippen molar-refractivity contribution in [2.45, 2.75) is 43.1 Å². The average Bonchev–Trinajstić information content (AvgIpc) is 3.56. The lowest BCUT2D eigenvalue weighted by Crippen LogP contribution is -2.64.